The van der Waals surface area contributed by atoms with Crippen LogP contribution in [0.5, 0.6) is 0 Å². The Morgan fingerprint density at radius 3 is 2.40 bits per heavy atom. The van der Waals surface area contributed by atoms with Crippen molar-refractivity contribution < 1.29 is 0 Å². The van der Waals surface area contributed by atoms with E-state index in [9.17, 15) is 0 Å². The zero-order valence-corrected chi connectivity index (χ0v) is 10.3. The average Bonchev–Trinajstić information content (AvgIpc) is 1.89. The molecule has 1 N–H and O–H groups in total. The van der Waals surface area contributed by atoms with E-state index in [2.05, 4.69) is 50.5 Å². The minimum absolute atomic E-state index is 0.629. The predicted octanol–water partition coefficient (Wildman–Crippen LogP) is 2.37. The molecule has 0 atom stereocenters. The van der Waals surface area contributed by atoms with Crippen molar-refractivity contribution in [2.24, 2.45) is 0 Å². The van der Waals surface area contributed by atoms with Crippen LogP contribution in [0.25, 0.3) is 0 Å². The Hall–Kier alpha value is 1.42. The highest BCUT2D eigenvalue weighted by Gasteiger charge is 2.27. The lowest BCUT2D eigenvalue weighted by Crippen LogP contribution is -2.37. The molecule has 0 amide bonds. The van der Waals surface area contributed by atoms with Gasteiger partial charge in [0.25, 0.3) is 0 Å². The molecule has 0 unspecified atom stereocenters. The lowest BCUT2D eigenvalue weighted by atomic mass is 9.96. The van der Waals surface area contributed by atoms with Gasteiger partial charge < -0.3 is 5.32 Å². The lowest BCUT2D eigenvalue weighted by molar-refractivity contribution is 0.426. The first kappa shape index (κ1) is 9.51. The minimum atomic E-state index is 0.629. The lowest BCUT2D eigenvalue weighted by Gasteiger charge is -2.31. The third kappa shape index (κ3) is 2.81. The summed E-state index contributed by atoms with van der Waals surface area (Å²) in [6, 6.07) is 0. The summed E-state index contributed by atoms with van der Waals surface area (Å²) in [5, 5.41) is 3.39. The molecule has 60 valence electrons. The molecule has 10 heavy (non-hydrogen) atoms. The molecule has 1 fully saturated rings. The molecule has 0 aliphatic carbocycles. The number of alkyl halides is 2. The Kier molecular flexibility index (Phi) is 4.23. The van der Waals surface area contributed by atoms with Crippen molar-refractivity contribution in [3.05, 3.63) is 0 Å². The predicted molar refractivity (Wildman–Crippen MR) is 62.4 cm³/mol. The van der Waals surface area contributed by atoms with E-state index in [4.69, 9.17) is 0 Å². The van der Waals surface area contributed by atoms with Gasteiger partial charge in [-0.05, 0) is 32.4 Å². The summed E-state index contributed by atoms with van der Waals surface area (Å²) in [6.07, 6.45) is 4.10. The summed E-state index contributed by atoms with van der Waals surface area (Å²) < 4.78 is 1.94. The van der Waals surface area contributed by atoms with Gasteiger partial charge in [-0.1, -0.05) is 45.2 Å². The van der Waals surface area contributed by atoms with Crippen molar-refractivity contribution >= 4 is 45.2 Å². The van der Waals surface area contributed by atoms with E-state index in [-0.39, 0.29) is 0 Å². The zero-order chi connectivity index (χ0) is 7.45. The number of piperidine rings is 1. The second kappa shape index (κ2) is 4.45. The standard InChI is InChI=1S/C7H13I2N/c8-4-1-7(9)2-5-10-6-3-7/h10H,1-6H2. The molecule has 3 heteroatoms. The molecule has 1 aliphatic rings. The van der Waals surface area contributed by atoms with E-state index in [0.717, 1.165) is 0 Å². The highest BCUT2D eigenvalue weighted by Crippen LogP contribution is 2.33. The van der Waals surface area contributed by atoms with E-state index in [1.165, 1.54) is 36.8 Å². The first-order valence-electron chi connectivity index (χ1n) is 3.72. The molecular formula is C7H13I2N. The van der Waals surface area contributed by atoms with Crippen molar-refractivity contribution in [3.63, 3.8) is 0 Å². The van der Waals surface area contributed by atoms with Gasteiger partial charge >= 0.3 is 0 Å². The molecule has 1 saturated heterocycles. The molecule has 0 spiro atoms. The fourth-order valence-corrected chi connectivity index (χ4v) is 4.17. The van der Waals surface area contributed by atoms with E-state index in [1.54, 1.807) is 0 Å². The van der Waals surface area contributed by atoms with Crippen LogP contribution in [-0.2, 0) is 0 Å². The third-order valence-electron chi connectivity index (χ3n) is 2.04. The van der Waals surface area contributed by atoms with Crippen LogP contribution < -0.4 is 5.32 Å². The summed E-state index contributed by atoms with van der Waals surface area (Å²) in [7, 11) is 0. The Balaban J connectivity index is 2.32. The summed E-state index contributed by atoms with van der Waals surface area (Å²) in [6.45, 7) is 2.44. The van der Waals surface area contributed by atoms with Gasteiger partial charge in [-0.2, -0.15) is 0 Å². The molecule has 1 nitrogen and oxygen atoms in total. The first-order valence-corrected chi connectivity index (χ1v) is 6.33. The van der Waals surface area contributed by atoms with Crippen molar-refractivity contribution in [1.82, 2.24) is 5.32 Å². The first-order chi connectivity index (χ1) is 4.77. The molecule has 1 aliphatic heterocycles. The largest absolute Gasteiger partial charge is 0.317 e. The fourth-order valence-electron chi connectivity index (χ4n) is 1.29. The molecule has 0 bridgehead atoms. The molecule has 1 rings (SSSR count). The fraction of sp³-hybridized carbons (Fsp3) is 1.00. The summed E-state index contributed by atoms with van der Waals surface area (Å²) >= 11 is 5.12. The number of hydrogen-bond donors (Lipinski definition) is 1. The Bertz CT molecular complexity index is 94.3. The van der Waals surface area contributed by atoms with Crippen molar-refractivity contribution in [3.8, 4) is 0 Å². The van der Waals surface area contributed by atoms with Crippen molar-refractivity contribution in [1.29, 1.82) is 0 Å². The minimum Gasteiger partial charge on any atom is -0.317 e. The van der Waals surface area contributed by atoms with Crippen LogP contribution in [0.15, 0.2) is 0 Å². The highest BCUT2D eigenvalue weighted by atomic mass is 127. The monoisotopic (exact) mass is 365 g/mol. The van der Waals surface area contributed by atoms with Gasteiger partial charge in [0, 0.05) is 7.85 Å². The molecule has 0 aromatic heterocycles. The number of rotatable bonds is 2. The number of hydrogen-bond acceptors (Lipinski definition) is 1. The van der Waals surface area contributed by atoms with Crippen LogP contribution in [0, 0.1) is 0 Å². The summed E-state index contributed by atoms with van der Waals surface area (Å²) in [5.74, 6) is 0. The maximum Gasteiger partial charge on any atom is 0.0253 e. The van der Waals surface area contributed by atoms with Crippen LogP contribution in [0.3, 0.4) is 0 Å². The molecule has 0 saturated carbocycles. The molecular weight excluding hydrogens is 352 g/mol. The van der Waals surface area contributed by atoms with Gasteiger partial charge in [-0.3, -0.25) is 0 Å². The molecule has 0 aromatic carbocycles. The molecule has 0 aromatic rings. The van der Waals surface area contributed by atoms with Gasteiger partial charge in [0.1, 0.15) is 0 Å². The van der Waals surface area contributed by atoms with Crippen LogP contribution in [0.1, 0.15) is 19.3 Å². The highest BCUT2D eigenvalue weighted by molar-refractivity contribution is 14.1. The van der Waals surface area contributed by atoms with Crippen LogP contribution >= 0.6 is 45.2 Å². The molecule has 1 heterocycles. The van der Waals surface area contributed by atoms with Gasteiger partial charge in [0.15, 0.2) is 0 Å². The zero-order valence-electron chi connectivity index (χ0n) is 6.00. The van der Waals surface area contributed by atoms with Crippen LogP contribution in [-0.4, -0.2) is 20.9 Å². The smallest absolute Gasteiger partial charge is 0.0253 e. The topological polar surface area (TPSA) is 12.0 Å². The van der Waals surface area contributed by atoms with Gasteiger partial charge in [-0.15, -0.1) is 0 Å². The Labute approximate surface area is 90.0 Å². The van der Waals surface area contributed by atoms with Crippen molar-refractivity contribution in [2.75, 3.05) is 17.5 Å². The second-order valence-corrected chi connectivity index (χ2v) is 6.21. The Morgan fingerprint density at radius 2 is 1.90 bits per heavy atom. The van der Waals surface area contributed by atoms with Gasteiger partial charge in [-0.25, -0.2) is 0 Å². The summed E-state index contributed by atoms with van der Waals surface area (Å²) in [4.78, 5) is 0. The van der Waals surface area contributed by atoms with Gasteiger partial charge in [0.05, 0.1) is 0 Å². The quantitative estimate of drug-likeness (QED) is 0.586. The summed E-state index contributed by atoms with van der Waals surface area (Å²) in [5.41, 5.74) is 0. The Morgan fingerprint density at radius 1 is 1.30 bits per heavy atom. The van der Waals surface area contributed by atoms with Crippen molar-refractivity contribution in [2.45, 2.75) is 22.7 Å². The maximum absolute atomic E-state index is 3.39. The normalized spacial score (nSPS) is 24.6. The maximum atomic E-state index is 3.39. The third-order valence-corrected chi connectivity index (χ3v) is 4.20. The molecule has 0 radical (unpaired) electrons. The van der Waals surface area contributed by atoms with Crippen LogP contribution in [0.2, 0.25) is 0 Å². The van der Waals surface area contributed by atoms with Gasteiger partial charge in [0.2, 0.25) is 0 Å². The number of halogens is 2. The van der Waals surface area contributed by atoms with Crippen LogP contribution in [0.4, 0.5) is 0 Å². The second-order valence-electron chi connectivity index (χ2n) is 2.84. The van der Waals surface area contributed by atoms with E-state index < -0.39 is 0 Å². The van der Waals surface area contributed by atoms with E-state index in [1.807, 2.05) is 0 Å². The van der Waals surface area contributed by atoms with E-state index in [0.29, 0.717) is 3.42 Å². The average molecular weight is 365 g/mol. The van der Waals surface area contributed by atoms with E-state index >= 15 is 0 Å². The number of nitrogens with one attached hydrogen (secondary N) is 1. The SMILES string of the molecule is ICCC1(I)CCNCC1.